The van der Waals surface area contributed by atoms with E-state index in [0.29, 0.717) is 17.2 Å². The predicted octanol–water partition coefficient (Wildman–Crippen LogP) is 2.67. The molecule has 0 aliphatic rings. The van der Waals surface area contributed by atoms with E-state index < -0.39 is 12.3 Å². The van der Waals surface area contributed by atoms with Crippen LogP contribution in [0.25, 0.3) is 0 Å². The summed E-state index contributed by atoms with van der Waals surface area (Å²) in [6.45, 7) is 2.00. The van der Waals surface area contributed by atoms with Gasteiger partial charge in [0.05, 0.1) is 0 Å². The molecule has 0 fully saturated rings. The third-order valence-electron chi connectivity index (χ3n) is 2.68. The number of aromatic nitrogens is 3. The van der Waals surface area contributed by atoms with Crippen LogP contribution in [-0.4, -0.2) is 26.0 Å². The second-order valence-electron chi connectivity index (χ2n) is 4.19. The summed E-state index contributed by atoms with van der Waals surface area (Å²) in [6, 6.07) is 6.98. The number of halogens is 1. The van der Waals surface area contributed by atoms with Crippen LogP contribution < -0.4 is 4.74 Å². The zero-order valence-corrected chi connectivity index (χ0v) is 11.4. The van der Waals surface area contributed by atoms with Crippen molar-refractivity contribution in [1.82, 2.24) is 14.8 Å². The molecular weight excluding hydrogens is 266 g/mol. The van der Waals surface area contributed by atoms with Gasteiger partial charge in [0.25, 0.3) is 0 Å². The highest BCUT2D eigenvalue weighted by molar-refractivity contribution is 6.30. The fourth-order valence-corrected chi connectivity index (χ4v) is 1.87. The molecule has 0 saturated heterocycles. The van der Waals surface area contributed by atoms with E-state index in [1.807, 2.05) is 6.92 Å². The number of nitrogens with zero attached hydrogens (tertiary/aromatic N) is 3. The molecule has 0 amide bonds. The maximum atomic E-state index is 10.2. The minimum absolute atomic E-state index is 0.594. The minimum Gasteiger partial charge on any atom is -0.466 e. The first-order valence-electron chi connectivity index (χ1n) is 6.15. The van der Waals surface area contributed by atoms with Crippen molar-refractivity contribution in [1.29, 1.82) is 0 Å². The molecule has 1 heterocycles. The number of benzene rings is 1. The van der Waals surface area contributed by atoms with E-state index in [0.717, 1.165) is 6.42 Å². The summed E-state index contributed by atoms with van der Waals surface area (Å²) in [5.74, 6) is 0.625. The van der Waals surface area contributed by atoms with Crippen LogP contribution in [-0.2, 0) is 0 Å². The smallest absolute Gasteiger partial charge is 0.218 e. The average Bonchev–Trinajstić information content (AvgIpc) is 2.92. The summed E-state index contributed by atoms with van der Waals surface area (Å²) in [6.07, 6.45) is 3.18. The maximum Gasteiger partial charge on any atom is 0.218 e. The highest BCUT2D eigenvalue weighted by Crippen LogP contribution is 2.23. The Bertz CT molecular complexity index is 487. The molecule has 2 unspecified atom stereocenters. The van der Waals surface area contributed by atoms with Gasteiger partial charge < -0.3 is 9.84 Å². The van der Waals surface area contributed by atoms with Gasteiger partial charge in [-0.25, -0.2) is 9.67 Å². The van der Waals surface area contributed by atoms with Crippen molar-refractivity contribution in [3.63, 3.8) is 0 Å². The molecule has 0 radical (unpaired) electrons. The molecule has 102 valence electrons. The van der Waals surface area contributed by atoms with E-state index in [1.54, 1.807) is 24.3 Å². The largest absolute Gasteiger partial charge is 0.466 e. The summed E-state index contributed by atoms with van der Waals surface area (Å²) in [5, 5.41) is 14.8. The number of hydrogen-bond acceptors (Lipinski definition) is 4. The van der Waals surface area contributed by atoms with Gasteiger partial charge in [-0.05, 0) is 30.7 Å². The zero-order valence-electron chi connectivity index (χ0n) is 10.6. The third kappa shape index (κ3) is 3.68. The number of hydrogen-bond donors (Lipinski definition) is 1. The third-order valence-corrected chi connectivity index (χ3v) is 2.93. The van der Waals surface area contributed by atoms with Gasteiger partial charge in [-0.3, -0.25) is 0 Å². The lowest BCUT2D eigenvalue weighted by Gasteiger charge is -2.23. The van der Waals surface area contributed by atoms with Crippen molar-refractivity contribution in [2.24, 2.45) is 0 Å². The Hall–Kier alpha value is -1.59. The van der Waals surface area contributed by atoms with E-state index in [2.05, 4.69) is 10.1 Å². The van der Waals surface area contributed by atoms with Gasteiger partial charge in [0.2, 0.25) is 6.23 Å². The Balaban J connectivity index is 2.16. The number of aliphatic hydroxyl groups excluding tert-OH is 1. The first-order valence-corrected chi connectivity index (χ1v) is 6.53. The summed E-state index contributed by atoms with van der Waals surface area (Å²) in [4.78, 5) is 3.88. The predicted molar refractivity (Wildman–Crippen MR) is 72.1 cm³/mol. The molecule has 1 aromatic carbocycles. The molecule has 2 aromatic rings. The van der Waals surface area contributed by atoms with Gasteiger partial charge in [0, 0.05) is 5.02 Å². The number of aliphatic hydroxyl groups is 1. The lowest BCUT2D eigenvalue weighted by atomic mass is 10.2. The second-order valence-corrected chi connectivity index (χ2v) is 4.63. The van der Waals surface area contributed by atoms with Gasteiger partial charge in [-0.2, -0.15) is 5.10 Å². The Morgan fingerprint density at radius 3 is 2.68 bits per heavy atom. The first-order chi connectivity index (χ1) is 9.20. The zero-order chi connectivity index (χ0) is 13.7. The molecule has 1 N–H and O–H groups in total. The van der Waals surface area contributed by atoms with Crippen LogP contribution in [0, 0.1) is 0 Å². The van der Waals surface area contributed by atoms with Crippen LogP contribution in [0.2, 0.25) is 5.02 Å². The maximum absolute atomic E-state index is 10.2. The second kappa shape index (κ2) is 6.54. The number of rotatable bonds is 6. The summed E-state index contributed by atoms with van der Waals surface area (Å²) in [5.41, 5.74) is 0. The standard InChI is InChI=1S/C13H16ClN3O2/c1-2-3-12(18)13(17-9-15-8-16-17)19-11-6-4-10(14)5-7-11/h4-9,12-13,18H,2-3H2,1H3. The Morgan fingerprint density at radius 2 is 2.11 bits per heavy atom. The topological polar surface area (TPSA) is 60.2 Å². The van der Waals surface area contributed by atoms with Gasteiger partial charge in [0.1, 0.15) is 24.5 Å². The Kier molecular flexibility index (Phi) is 4.76. The fraction of sp³-hybridized carbons (Fsp3) is 0.385. The molecular formula is C13H16ClN3O2. The molecule has 2 rings (SSSR count). The van der Waals surface area contributed by atoms with Crippen LogP contribution in [0.5, 0.6) is 5.75 Å². The quantitative estimate of drug-likeness (QED) is 0.884. The molecule has 6 heteroatoms. The molecule has 0 bridgehead atoms. The SMILES string of the molecule is CCCC(O)C(Oc1ccc(Cl)cc1)n1cncn1. The summed E-state index contributed by atoms with van der Waals surface area (Å²) in [7, 11) is 0. The lowest BCUT2D eigenvalue weighted by Crippen LogP contribution is -2.29. The van der Waals surface area contributed by atoms with Crippen LogP contribution >= 0.6 is 11.6 Å². The summed E-state index contributed by atoms with van der Waals surface area (Å²) < 4.78 is 7.29. The van der Waals surface area contributed by atoms with Crippen LogP contribution in [0.15, 0.2) is 36.9 Å². The van der Waals surface area contributed by atoms with Crippen LogP contribution in [0.4, 0.5) is 0 Å². The van der Waals surface area contributed by atoms with Crippen LogP contribution in [0.3, 0.4) is 0 Å². The van der Waals surface area contributed by atoms with E-state index in [-0.39, 0.29) is 0 Å². The van der Waals surface area contributed by atoms with Crippen molar-refractivity contribution in [2.75, 3.05) is 0 Å². The van der Waals surface area contributed by atoms with E-state index in [9.17, 15) is 5.11 Å². The van der Waals surface area contributed by atoms with Crippen molar-refractivity contribution in [3.8, 4) is 5.75 Å². The van der Waals surface area contributed by atoms with Gasteiger partial charge in [0.15, 0.2) is 0 Å². The summed E-state index contributed by atoms with van der Waals surface area (Å²) >= 11 is 5.83. The Labute approximate surface area is 116 Å². The normalized spacial score (nSPS) is 14.1. The highest BCUT2D eigenvalue weighted by atomic mass is 35.5. The van der Waals surface area contributed by atoms with Crippen molar-refractivity contribution >= 4 is 11.6 Å². The van der Waals surface area contributed by atoms with Gasteiger partial charge in [-0.1, -0.05) is 24.9 Å². The Morgan fingerprint density at radius 1 is 1.37 bits per heavy atom. The van der Waals surface area contributed by atoms with Crippen molar-refractivity contribution < 1.29 is 9.84 Å². The lowest BCUT2D eigenvalue weighted by molar-refractivity contribution is -0.0219. The van der Waals surface area contributed by atoms with E-state index in [1.165, 1.54) is 17.3 Å². The van der Waals surface area contributed by atoms with Crippen molar-refractivity contribution in [3.05, 3.63) is 41.9 Å². The average molecular weight is 282 g/mol. The molecule has 0 aliphatic carbocycles. The number of ether oxygens (including phenoxy) is 1. The molecule has 5 nitrogen and oxygen atoms in total. The first kappa shape index (κ1) is 13.8. The molecule has 0 saturated carbocycles. The molecule has 1 aromatic heterocycles. The molecule has 19 heavy (non-hydrogen) atoms. The van der Waals surface area contributed by atoms with Gasteiger partial charge in [-0.15, -0.1) is 0 Å². The monoisotopic (exact) mass is 281 g/mol. The fourth-order valence-electron chi connectivity index (χ4n) is 1.75. The van der Waals surface area contributed by atoms with E-state index >= 15 is 0 Å². The molecule has 0 aliphatic heterocycles. The molecule has 2 atom stereocenters. The minimum atomic E-state index is -0.651. The van der Waals surface area contributed by atoms with Crippen molar-refractivity contribution in [2.45, 2.75) is 32.1 Å². The highest BCUT2D eigenvalue weighted by Gasteiger charge is 2.22. The van der Waals surface area contributed by atoms with Crippen LogP contribution in [0.1, 0.15) is 26.0 Å². The van der Waals surface area contributed by atoms with E-state index in [4.69, 9.17) is 16.3 Å². The molecule has 0 spiro atoms. The van der Waals surface area contributed by atoms with Gasteiger partial charge >= 0.3 is 0 Å².